The van der Waals surface area contributed by atoms with Gasteiger partial charge in [-0.15, -0.1) is 0 Å². The number of ether oxygens (including phenoxy) is 1. The summed E-state index contributed by atoms with van der Waals surface area (Å²) >= 11 is 3.37. The predicted octanol–water partition coefficient (Wildman–Crippen LogP) is 3.70. The van der Waals surface area contributed by atoms with Crippen molar-refractivity contribution in [3.8, 4) is 5.75 Å². The van der Waals surface area contributed by atoms with Crippen molar-refractivity contribution >= 4 is 26.0 Å². The molecule has 4 nitrogen and oxygen atoms in total. The Hall–Kier alpha value is -0.590. The normalized spacial score (nSPS) is 12.4. The summed E-state index contributed by atoms with van der Waals surface area (Å²) in [5.74, 6) is 0.710. The molecule has 0 saturated heterocycles. The smallest absolute Gasteiger partial charge is 0.209 e. The quantitative estimate of drug-likeness (QED) is 0.712. The highest BCUT2D eigenvalue weighted by molar-refractivity contribution is 9.10. The molecule has 0 aliphatic carbocycles. The fourth-order valence-electron chi connectivity index (χ4n) is 2.71. The number of primary sulfonamides is 1. The standard InChI is InChI=1S/C15H24BrNO3S/c1-3-9-15(10-4-2,12-21(17,18)19)11-20-14-7-5-13(16)6-8-14/h5-8H,3-4,9-12H2,1-2H3,(H2,17,18,19). The lowest BCUT2D eigenvalue weighted by Gasteiger charge is -2.32. The molecule has 1 aromatic carbocycles. The third kappa shape index (κ3) is 6.80. The van der Waals surface area contributed by atoms with Crippen LogP contribution in [-0.2, 0) is 10.0 Å². The topological polar surface area (TPSA) is 69.4 Å². The Morgan fingerprint density at radius 3 is 2.10 bits per heavy atom. The second-order valence-corrected chi connectivity index (χ2v) is 8.08. The zero-order chi connectivity index (χ0) is 15.9. The molecule has 0 aliphatic heterocycles. The highest BCUT2D eigenvalue weighted by atomic mass is 79.9. The lowest BCUT2D eigenvalue weighted by molar-refractivity contribution is 0.141. The van der Waals surface area contributed by atoms with E-state index in [9.17, 15) is 8.42 Å². The zero-order valence-electron chi connectivity index (χ0n) is 12.6. The number of nitrogens with two attached hydrogens (primary N) is 1. The van der Waals surface area contributed by atoms with E-state index in [4.69, 9.17) is 9.88 Å². The first-order valence-electron chi connectivity index (χ1n) is 7.19. The van der Waals surface area contributed by atoms with E-state index < -0.39 is 15.4 Å². The molecule has 0 saturated carbocycles. The minimum Gasteiger partial charge on any atom is -0.493 e. The third-order valence-corrected chi connectivity index (χ3v) is 4.97. The highest BCUT2D eigenvalue weighted by Crippen LogP contribution is 2.32. The molecule has 0 spiro atoms. The Bertz CT molecular complexity index is 522. The van der Waals surface area contributed by atoms with Crippen LogP contribution in [0, 0.1) is 5.41 Å². The molecule has 0 atom stereocenters. The number of hydrogen-bond acceptors (Lipinski definition) is 3. The molecule has 6 heteroatoms. The maximum Gasteiger partial charge on any atom is 0.209 e. The van der Waals surface area contributed by atoms with Gasteiger partial charge < -0.3 is 4.74 Å². The van der Waals surface area contributed by atoms with Crippen molar-refractivity contribution in [2.24, 2.45) is 10.6 Å². The number of benzene rings is 1. The summed E-state index contributed by atoms with van der Waals surface area (Å²) in [5, 5.41) is 5.28. The molecule has 0 amide bonds. The first kappa shape index (κ1) is 18.5. The Kier molecular flexibility index (Phi) is 7.16. The molecule has 21 heavy (non-hydrogen) atoms. The van der Waals surface area contributed by atoms with Crippen molar-refractivity contribution in [2.45, 2.75) is 39.5 Å². The van der Waals surface area contributed by atoms with Gasteiger partial charge in [0.25, 0.3) is 0 Å². The van der Waals surface area contributed by atoms with E-state index in [-0.39, 0.29) is 5.75 Å². The predicted molar refractivity (Wildman–Crippen MR) is 89.9 cm³/mol. The summed E-state index contributed by atoms with van der Waals surface area (Å²) in [6, 6.07) is 7.53. The highest BCUT2D eigenvalue weighted by Gasteiger charge is 2.33. The lowest BCUT2D eigenvalue weighted by atomic mass is 9.82. The van der Waals surface area contributed by atoms with Crippen LogP contribution in [0.5, 0.6) is 5.75 Å². The second-order valence-electron chi connectivity index (χ2n) is 5.55. The lowest BCUT2D eigenvalue weighted by Crippen LogP contribution is -2.38. The first-order chi connectivity index (χ1) is 9.80. The van der Waals surface area contributed by atoms with Crippen LogP contribution >= 0.6 is 15.9 Å². The van der Waals surface area contributed by atoms with E-state index in [2.05, 4.69) is 15.9 Å². The summed E-state index contributed by atoms with van der Waals surface area (Å²) in [7, 11) is -3.52. The van der Waals surface area contributed by atoms with Crippen LogP contribution < -0.4 is 9.88 Å². The molecule has 0 fully saturated rings. The molecule has 0 bridgehead atoms. The van der Waals surface area contributed by atoms with E-state index in [0.29, 0.717) is 6.61 Å². The van der Waals surface area contributed by atoms with Crippen LogP contribution in [0.25, 0.3) is 0 Å². The summed E-state index contributed by atoms with van der Waals surface area (Å²) in [6.45, 7) is 4.47. The van der Waals surface area contributed by atoms with Gasteiger partial charge >= 0.3 is 0 Å². The Balaban J connectivity index is 2.86. The molecule has 0 heterocycles. The van der Waals surface area contributed by atoms with E-state index >= 15 is 0 Å². The van der Waals surface area contributed by atoms with Crippen LogP contribution in [0.4, 0.5) is 0 Å². The van der Waals surface area contributed by atoms with E-state index in [1.165, 1.54) is 0 Å². The third-order valence-electron chi connectivity index (χ3n) is 3.43. The van der Waals surface area contributed by atoms with Gasteiger partial charge in [-0.05, 0) is 37.1 Å². The van der Waals surface area contributed by atoms with Gasteiger partial charge in [0.15, 0.2) is 0 Å². The maximum absolute atomic E-state index is 11.6. The van der Waals surface area contributed by atoms with Gasteiger partial charge in [-0.3, -0.25) is 0 Å². The fraction of sp³-hybridized carbons (Fsp3) is 0.600. The average Bonchev–Trinajstić information content (AvgIpc) is 2.37. The zero-order valence-corrected chi connectivity index (χ0v) is 15.0. The minimum absolute atomic E-state index is 0.0296. The van der Waals surface area contributed by atoms with Gasteiger partial charge in [0.2, 0.25) is 10.0 Å². The van der Waals surface area contributed by atoms with Gasteiger partial charge in [0.1, 0.15) is 5.75 Å². The Morgan fingerprint density at radius 2 is 1.67 bits per heavy atom. The van der Waals surface area contributed by atoms with E-state index in [1.807, 2.05) is 38.1 Å². The molecule has 120 valence electrons. The second kappa shape index (κ2) is 8.15. The summed E-state index contributed by atoms with van der Waals surface area (Å²) in [6.07, 6.45) is 3.38. The molecule has 1 rings (SSSR count). The van der Waals surface area contributed by atoms with Crippen molar-refractivity contribution in [2.75, 3.05) is 12.4 Å². The van der Waals surface area contributed by atoms with Crippen molar-refractivity contribution in [1.82, 2.24) is 0 Å². The van der Waals surface area contributed by atoms with Gasteiger partial charge in [0.05, 0.1) is 12.4 Å². The van der Waals surface area contributed by atoms with Crippen LogP contribution in [0.2, 0.25) is 0 Å². The molecule has 0 aromatic heterocycles. The fourth-order valence-corrected chi connectivity index (χ4v) is 4.20. The SMILES string of the molecule is CCCC(CCC)(COc1ccc(Br)cc1)CS(N)(=O)=O. The maximum atomic E-state index is 11.6. The molecule has 2 N–H and O–H groups in total. The first-order valence-corrected chi connectivity index (χ1v) is 9.70. The van der Waals surface area contributed by atoms with Crippen molar-refractivity contribution in [3.63, 3.8) is 0 Å². The summed E-state index contributed by atoms with van der Waals surface area (Å²) in [5.41, 5.74) is -0.413. The number of hydrogen-bond donors (Lipinski definition) is 1. The summed E-state index contributed by atoms with van der Waals surface area (Å²) in [4.78, 5) is 0. The monoisotopic (exact) mass is 377 g/mol. The van der Waals surface area contributed by atoms with E-state index in [1.54, 1.807) is 0 Å². The number of rotatable bonds is 9. The summed E-state index contributed by atoms with van der Waals surface area (Å²) < 4.78 is 30.0. The van der Waals surface area contributed by atoms with Gasteiger partial charge in [-0.1, -0.05) is 42.6 Å². The molecule has 0 radical (unpaired) electrons. The average molecular weight is 378 g/mol. The largest absolute Gasteiger partial charge is 0.493 e. The Labute approximate surface area is 136 Å². The Morgan fingerprint density at radius 1 is 1.14 bits per heavy atom. The molecular formula is C15H24BrNO3S. The van der Waals surface area contributed by atoms with Crippen LogP contribution in [0.1, 0.15) is 39.5 Å². The van der Waals surface area contributed by atoms with Crippen LogP contribution in [0.15, 0.2) is 28.7 Å². The van der Waals surface area contributed by atoms with Crippen LogP contribution in [-0.4, -0.2) is 20.8 Å². The van der Waals surface area contributed by atoms with Crippen LogP contribution in [0.3, 0.4) is 0 Å². The molecule has 0 unspecified atom stereocenters. The van der Waals surface area contributed by atoms with Gasteiger partial charge in [0, 0.05) is 9.89 Å². The minimum atomic E-state index is -3.52. The van der Waals surface area contributed by atoms with Gasteiger partial charge in [-0.25, -0.2) is 13.6 Å². The number of sulfonamides is 1. The van der Waals surface area contributed by atoms with Crippen molar-refractivity contribution < 1.29 is 13.2 Å². The van der Waals surface area contributed by atoms with Gasteiger partial charge in [-0.2, -0.15) is 0 Å². The van der Waals surface area contributed by atoms with E-state index in [0.717, 1.165) is 35.9 Å². The van der Waals surface area contributed by atoms with Crippen molar-refractivity contribution in [3.05, 3.63) is 28.7 Å². The molecule has 0 aliphatic rings. The molecule has 1 aromatic rings. The molecular weight excluding hydrogens is 354 g/mol. The number of halogens is 1. The van der Waals surface area contributed by atoms with Crippen molar-refractivity contribution in [1.29, 1.82) is 0 Å².